The molecule has 2 fully saturated rings. The molecule has 0 saturated carbocycles. The third-order valence-corrected chi connectivity index (χ3v) is 7.50. The first-order valence-electron chi connectivity index (χ1n) is 11.7. The van der Waals surface area contributed by atoms with Gasteiger partial charge in [0.2, 0.25) is 5.36 Å². The molecule has 0 amide bonds. The number of benzene rings is 3. The van der Waals surface area contributed by atoms with Gasteiger partial charge in [0, 0.05) is 67.5 Å². The standard InChI is InChI=1S/C28H28ClN2O3/c1-32-21-14-30(15-21)19-7-9-24-26(11-19)34-27-12-20(31-16-22(17-31)33-2)8-10-25(27)28(24)23-6-4-3-5-18(23)13-29/h3-12,21-22H,13-17H2,1-2H3/q+1. The fraction of sp³-hybridized carbons (Fsp3) is 0.321. The number of ether oxygens (including phenoxy) is 2. The van der Waals surface area contributed by atoms with Gasteiger partial charge in [-0.3, -0.25) is 0 Å². The van der Waals surface area contributed by atoms with Gasteiger partial charge in [0.1, 0.15) is 11.3 Å². The van der Waals surface area contributed by atoms with Crippen LogP contribution in [0.2, 0.25) is 0 Å². The number of alkyl halides is 1. The molecule has 0 radical (unpaired) electrons. The van der Waals surface area contributed by atoms with Gasteiger partial charge in [0.15, 0.2) is 19.2 Å². The summed E-state index contributed by atoms with van der Waals surface area (Å²) < 4.78 is 19.8. The highest BCUT2D eigenvalue weighted by molar-refractivity contribution is 6.18. The van der Waals surface area contributed by atoms with Crippen LogP contribution in [0.5, 0.6) is 0 Å². The average Bonchev–Trinajstić information content (AvgIpc) is 2.81. The third-order valence-electron chi connectivity index (χ3n) is 7.21. The molecule has 1 aliphatic carbocycles. The molecule has 0 N–H and O–H groups in total. The number of fused-ring (bicyclic) bond motifs is 2. The van der Waals surface area contributed by atoms with E-state index in [1.165, 1.54) is 5.56 Å². The third kappa shape index (κ3) is 3.59. The van der Waals surface area contributed by atoms with Crippen LogP contribution >= 0.6 is 11.6 Å². The van der Waals surface area contributed by atoms with E-state index in [1.54, 1.807) is 14.2 Å². The second-order valence-electron chi connectivity index (χ2n) is 9.15. The molecular weight excluding hydrogens is 448 g/mol. The summed E-state index contributed by atoms with van der Waals surface area (Å²) >= 11 is 6.37. The van der Waals surface area contributed by atoms with E-state index in [0.717, 1.165) is 70.6 Å². The molecule has 2 aromatic carbocycles. The fourth-order valence-electron chi connectivity index (χ4n) is 5.03. The predicted molar refractivity (Wildman–Crippen MR) is 137 cm³/mol. The molecule has 0 aromatic heterocycles. The SMILES string of the molecule is COC1CN(c2ccc3c(-c4ccccc4CCl)c4ccc(=[N+]5CC(OC)C5)cc-4oc3c2)C1. The molecule has 0 unspecified atom stereocenters. The zero-order valence-corrected chi connectivity index (χ0v) is 20.2. The van der Waals surface area contributed by atoms with Gasteiger partial charge in [-0.05, 0) is 29.3 Å². The molecule has 6 rings (SSSR count). The molecule has 0 spiro atoms. The molecule has 6 heteroatoms. The number of hydrogen-bond donors (Lipinski definition) is 0. The van der Waals surface area contributed by atoms with Crippen LogP contribution < -0.4 is 14.8 Å². The van der Waals surface area contributed by atoms with Crippen molar-refractivity contribution in [3.05, 3.63) is 71.6 Å². The highest BCUT2D eigenvalue weighted by atomic mass is 35.5. The molecule has 174 valence electrons. The molecule has 4 aliphatic rings. The Morgan fingerprint density at radius 3 is 2.50 bits per heavy atom. The van der Waals surface area contributed by atoms with E-state index in [2.05, 4.69) is 64.1 Å². The Balaban J connectivity index is 1.56. The minimum atomic E-state index is 0.297. The van der Waals surface area contributed by atoms with Crippen molar-refractivity contribution in [3.8, 4) is 22.5 Å². The van der Waals surface area contributed by atoms with E-state index in [0.29, 0.717) is 18.1 Å². The lowest BCUT2D eigenvalue weighted by molar-refractivity contribution is 0.0432. The summed E-state index contributed by atoms with van der Waals surface area (Å²) in [5, 5.41) is 2.25. The van der Waals surface area contributed by atoms with Crippen molar-refractivity contribution < 1.29 is 13.9 Å². The van der Waals surface area contributed by atoms with Gasteiger partial charge in [0.05, 0.1) is 12.2 Å². The minimum Gasteiger partial charge on any atom is -0.456 e. The number of hydrogen-bond acceptors (Lipinski definition) is 4. The Morgan fingerprint density at radius 2 is 1.74 bits per heavy atom. The number of methoxy groups -OCH3 is 2. The number of anilines is 1. The van der Waals surface area contributed by atoms with E-state index in [1.807, 2.05) is 6.07 Å². The van der Waals surface area contributed by atoms with Crippen LogP contribution in [0.4, 0.5) is 5.69 Å². The number of nitrogens with zero attached hydrogens (tertiary/aromatic N) is 2. The van der Waals surface area contributed by atoms with E-state index in [-0.39, 0.29) is 0 Å². The van der Waals surface area contributed by atoms with Crippen molar-refractivity contribution in [3.63, 3.8) is 0 Å². The maximum atomic E-state index is 6.56. The number of rotatable bonds is 5. The molecule has 3 aliphatic heterocycles. The van der Waals surface area contributed by atoms with Gasteiger partial charge >= 0.3 is 0 Å². The van der Waals surface area contributed by atoms with Crippen molar-refractivity contribution in [1.82, 2.24) is 4.58 Å². The Morgan fingerprint density at radius 1 is 0.941 bits per heavy atom. The van der Waals surface area contributed by atoms with Crippen molar-refractivity contribution in [2.24, 2.45) is 0 Å². The van der Waals surface area contributed by atoms with E-state index < -0.39 is 0 Å². The van der Waals surface area contributed by atoms with Gasteiger partial charge in [-0.15, -0.1) is 11.6 Å². The first kappa shape index (κ1) is 21.7. The molecule has 2 aromatic rings. The normalized spacial score (nSPS) is 18.4. The lowest BCUT2D eigenvalue weighted by Gasteiger charge is -2.40. The Kier molecular flexibility index (Phi) is 5.56. The van der Waals surface area contributed by atoms with Gasteiger partial charge in [0.25, 0.3) is 0 Å². The second kappa shape index (κ2) is 8.73. The largest absolute Gasteiger partial charge is 0.456 e. The van der Waals surface area contributed by atoms with Crippen LogP contribution in [0.1, 0.15) is 5.56 Å². The molecule has 34 heavy (non-hydrogen) atoms. The summed E-state index contributed by atoms with van der Waals surface area (Å²) in [6.45, 7) is 3.60. The quantitative estimate of drug-likeness (QED) is 0.240. The molecular formula is C28H28ClN2O3+. The molecule has 0 atom stereocenters. The van der Waals surface area contributed by atoms with Crippen molar-refractivity contribution in [2.75, 3.05) is 45.3 Å². The van der Waals surface area contributed by atoms with Gasteiger partial charge < -0.3 is 18.8 Å². The first-order chi connectivity index (χ1) is 16.7. The summed E-state index contributed by atoms with van der Waals surface area (Å²) in [4.78, 5) is 2.32. The maximum Gasteiger partial charge on any atom is 0.203 e. The lowest BCUT2D eigenvalue weighted by atomic mass is 9.91. The van der Waals surface area contributed by atoms with Crippen LogP contribution in [0.15, 0.2) is 65.1 Å². The van der Waals surface area contributed by atoms with Crippen LogP contribution in [-0.2, 0) is 15.4 Å². The van der Waals surface area contributed by atoms with Crippen molar-refractivity contribution >= 4 is 28.3 Å². The number of halogens is 1. The zero-order valence-electron chi connectivity index (χ0n) is 19.5. The van der Waals surface area contributed by atoms with Gasteiger partial charge in [-0.25, -0.2) is 4.58 Å². The summed E-state index contributed by atoms with van der Waals surface area (Å²) in [7, 11) is 3.55. The van der Waals surface area contributed by atoms with Gasteiger partial charge in [-0.2, -0.15) is 0 Å². The summed E-state index contributed by atoms with van der Waals surface area (Å²) in [5.41, 5.74) is 6.55. The zero-order chi connectivity index (χ0) is 23.2. The summed E-state index contributed by atoms with van der Waals surface area (Å²) in [5.74, 6) is 1.33. The average molecular weight is 476 g/mol. The maximum absolute atomic E-state index is 6.56. The highest BCUT2D eigenvalue weighted by Crippen LogP contribution is 2.42. The van der Waals surface area contributed by atoms with Crippen molar-refractivity contribution in [1.29, 1.82) is 0 Å². The van der Waals surface area contributed by atoms with Crippen LogP contribution in [0.3, 0.4) is 0 Å². The van der Waals surface area contributed by atoms with Crippen LogP contribution in [0.25, 0.3) is 33.4 Å². The summed E-state index contributed by atoms with van der Waals surface area (Å²) in [6.07, 6.45) is 0.593. The fourth-order valence-corrected chi connectivity index (χ4v) is 5.26. The second-order valence-corrected chi connectivity index (χ2v) is 9.42. The van der Waals surface area contributed by atoms with Crippen LogP contribution in [0, 0.1) is 0 Å². The Hall–Kier alpha value is -2.86. The molecule has 5 nitrogen and oxygen atoms in total. The van der Waals surface area contributed by atoms with Crippen molar-refractivity contribution in [2.45, 2.75) is 18.1 Å². The summed E-state index contributed by atoms with van der Waals surface area (Å²) in [6, 6.07) is 21.4. The monoisotopic (exact) mass is 475 g/mol. The van der Waals surface area contributed by atoms with E-state index in [9.17, 15) is 0 Å². The molecule has 3 heterocycles. The Labute approximate surface area is 204 Å². The molecule has 0 bridgehead atoms. The minimum absolute atomic E-state index is 0.297. The first-order valence-corrected chi connectivity index (χ1v) is 12.3. The predicted octanol–water partition coefficient (Wildman–Crippen LogP) is 4.58. The molecule has 2 saturated heterocycles. The van der Waals surface area contributed by atoms with Crippen LogP contribution in [-0.4, -0.2) is 52.6 Å². The van der Waals surface area contributed by atoms with E-state index >= 15 is 0 Å². The van der Waals surface area contributed by atoms with E-state index in [4.69, 9.17) is 25.5 Å². The lowest BCUT2D eigenvalue weighted by Crippen LogP contribution is -2.53. The van der Waals surface area contributed by atoms with Gasteiger partial charge in [-0.1, -0.05) is 24.3 Å². The smallest absolute Gasteiger partial charge is 0.203 e. The topological polar surface area (TPSA) is 37.9 Å². The Bertz CT molecular complexity index is 1400. The highest BCUT2D eigenvalue weighted by Gasteiger charge is 2.32.